The van der Waals surface area contributed by atoms with Crippen molar-refractivity contribution >= 4 is 0 Å². The maximum atomic E-state index is 5.34. The van der Waals surface area contributed by atoms with Crippen molar-refractivity contribution in [3.05, 3.63) is 0 Å². The molecule has 1 atom stereocenters. The summed E-state index contributed by atoms with van der Waals surface area (Å²) in [5.74, 6) is 0. The summed E-state index contributed by atoms with van der Waals surface area (Å²) in [4.78, 5) is 0. The highest BCUT2D eigenvalue weighted by Crippen LogP contribution is 2.10. The van der Waals surface area contributed by atoms with Crippen molar-refractivity contribution in [2.45, 2.75) is 71.3 Å². The van der Waals surface area contributed by atoms with Crippen LogP contribution in [-0.4, -0.2) is 26.3 Å². The fourth-order valence-corrected chi connectivity index (χ4v) is 1.95. The lowest BCUT2D eigenvalue weighted by Crippen LogP contribution is -2.09. The van der Waals surface area contributed by atoms with Gasteiger partial charge >= 0.3 is 0 Å². The minimum Gasteiger partial charge on any atom is -0.381 e. The molecule has 1 aliphatic rings. The maximum Gasteiger partial charge on any atom is 0.0571 e. The van der Waals surface area contributed by atoms with Gasteiger partial charge in [-0.05, 0) is 38.8 Å². The number of unbranched alkanes of at least 4 members (excludes halogenated alkanes) is 2. The van der Waals surface area contributed by atoms with Crippen molar-refractivity contribution in [3.8, 4) is 0 Å². The van der Waals surface area contributed by atoms with Gasteiger partial charge in [0, 0.05) is 7.11 Å². The van der Waals surface area contributed by atoms with Crippen LogP contribution in [0.5, 0.6) is 0 Å². The maximum absolute atomic E-state index is 5.34. The number of hydrogen-bond acceptors (Lipinski definition) is 2. The first-order valence-electron chi connectivity index (χ1n) is 7.08. The lowest BCUT2D eigenvalue weighted by molar-refractivity contribution is 0.0851. The van der Waals surface area contributed by atoms with Gasteiger partial charge in [-0.3, -0.25) is 0 Å². The van der Waals surface area contributed by atoms with Crippen LogP contribution >= 0.6 is 0 Å². The Kier molecular flexibility index (Phi) is 12.9. The largest absolute Gasteiger partial charge is 0.381 e. The van der Waals surface area contributed by atoms with Gasteiger partial charge in [-0.2, -0.15) is 0 Å². The van der Waals surface area contributed by atoms with E-state index in [9.17, 15) is 0 Å². The lowest BCUT2D eigenvalue weighted by Gasteiger charge is -2.13. The van der Waals surface area contributed by atoms with Crippen molar-refractivity contribution in [1.82, 2.24) is 5.32 Å². The Morgan fingerprint density at radius 1 is 1.00 bits per heavy atom. The minimum atomic E-state index is 0.520. The summed E-state index contributed by atoms with van der Waals surface area (Å²) in [6.45, 7) is 6.95. The van der Waals surface area contributed by atoms with E-state index in [1.165, 1.54) is 64.5 Å². The van der Waals surface area contributed by atoms with Gasteiger partial charge in [0.15, 0.2) is 0 Å². The summed E-state index contributed by atoms with van der Waals surface area (Å²) in [5, 5.41) is 3.22. The molecule has 1 fully saturated rings. The summed E-state index contributed by atoms with van der Waals surface area (Å²) in [7, 11) is 1.83. The molecule has 0 aromatic carbocycles. The monoisotopic (exact) mass is 229 g/mol. The molecule has 1 aliphatic heterocycles. The molecule has 1 unspecified atom stereocenters. The molecule has 0 saturated carbocycles. The molecule has 2 heteroatoms. The smallest absolute Gasteiger partial charge is 0.0571 e. The average molecular weight is 229 g/mol. The van der Waals surface area contributed by atoms with E-state index in [2.05, 4.69) is 19.2 Å². The number of hydrogen-bond donors (Lipinski definition) is 1. The summed E-state index contributed by atoms with van der Waals surface area (Å²) < 4.78 is 5.34. The first-order chi connectivity index (χ1) is 7.85. The van der Waals surface area contributed by atoms with Crippen molar-refractivity contribution < 1.29 is 4.74 Å². The first kappa shape index (κ1) is 15.9. The summed E-state index contributed by atoms with van der Waals surface area (Å²) in [6, 6.07) is 0. The van der Waals surface area contributed by atoms with E-state index in [-0.39, 0.29) is 0 Å². The van der Waals surface area contributed by atoms with Gasteiger partial charge in [-0.25, -0.2) is 0 Å². The normalized spacial score (nSPS) is 16.7. The topological polar surface area (TPSA) is 21.3 Å². The van der Waals surface area contributed by atoms with Crippen LogP contribution in [0.2, 0.25) is 0 Å². The molecule has 0 radical (unpaired) electrons. The van der Waals surface area contributed by atoms with Crippen LogP contribution in [0, 0.1) is 0 Å². The van der Waals surface area contributed by atoms with Gasteiger partial charge in [-0.1, -0.05) is 39.5 Å². The van der Waals surface area contributed by atoms with Crippen LogP contribution in [0.4, 0.5) is 0 Å². The summed E-state index contributed by atoms with van der Waals surface area (Å²) in [5.41, 5.74) is 0. The molecular formula is C14H31NO. The summed E-state index contributed by atoms with van der Waals surface area (Å²) >= 11 is 0. The molecular weight excluding hydrogens is 198 g/mol. The Bertz CT molecular complexity index is 116. The summed E-state index contributed by atoms with van der Waals surface area (Å²) in [6.07, 6.45) is 11.0. The molecule has 0 amide bonds. The van der Waals surface area contributed by atoms with Crippen LogP contribution in [0.1, 0.15) is 65.2 Å². The number of nitrogens with one attached hydrogen (secondary N) is 1. The Hall–Kier alpha value is -0.0800. The molecule has 1 saturated heterocycles. The second kappa shape index (κ2) is 13.0. The zero-order valence-corrected chi connectivity index (χ0v) is 11.6. The molecule has 1 N–H and O–H groups in total. The molecule has 2 nitrogen and oxygen atoms in total. The Morgan fingerprint density at radius 2 is 1.69 bits per heavy atom. The van der Waals surface area contributed by atoms with Crippen LogP contribution in [0.25, 0.3) is 0 Å². The second-order valence-corrected chi connectivity index (χ2v) is 4.60. The molecule has 0 spiro atoms. The van der Waals surface area contributed by atoms with E-state index in [0.717, 1.165) is 0 Å². The van der Waals surface area contributed by atoms with E-state index in [1.807, 2.05) is 7.11 Å². The molecule has 0 aromatic heterocycles. The lowest BCUT2D eigenvalue weighted by atomic mass is 10.1. The number of ether oxygens (including phenoxy) is 1. The molecule has 1 heterocycles. The molecule has 0 aromatic rings. The molecule has 0 aliphatic carbocycles. The van der Waals surface area contributed by atoms with Crippen LogP contribution < -0.4 is 5.32 Å². The second-order valence-electron chi connectivity index (χ2n) is 4.60. The standard InChI is InChI=1S/C10H22O.C4H9N/c1-4-6-7-9-10(11-3)8-5-2;1-2-4-5-3-1/h10H,4-9H2,1-3H3;5H,1-4H2. The van der Waals surface area contributed by atoms with Gasteiger partial charge in [-0.15, -0.1) is 0 Å². The highest BCUT2D eigenvalue weighted by Gasteiger charge is 2.03. The van der Waals surface area contributed by atoms with Crippen molar-refractivity contribution in [2.75, 3.05) is 20.2 Å². The molecule has 0 bridgehead atoms. The van der Waals surface area contributed by atoms with Gasteiger partial charge in [0.25, 0.3) is 0 Å². The Morgan fingerprint density at radius 3 is 2.06 bits per heavy atom. The van der Waals surface area contributed by atoms with Crippen LogP contribution in [-0.2, 0) is 4.74 Å². The van der Waals surface area contributed by atoms with E-state index in [1.54, 1.807) is 0 Å². The zero-order chi connectivity index (χ0) is 12.1. The highest BCUT2D eigenvalue weighted by atomic mass is 16.5. The van der Waals surface area contributed by atoms with Gasteiger partial charge in [0.05, 0.1) is 6.10 Å². The van der Waals surface area contributed by atoms with E-state index in [4.69, 9.17) is 4.74 Å². The third-order valence-electron chi connectivity index (χ3n) is 3.03. The quantitative estimate of drug-likeness (QED) is 0.671. The number of rotatable bonds is 7. The fourth-order valence-electron chi connectivity index (χ4n) is 1.95. The van der Waals surface area contributed by atoms with Gasteiger partial charge in [0.1, 0.15) is 0 Å². The molecule has 98 valence electrons. The molecule has 1 rings (SSSR count). The van der Waals surface area contributed by atoms with Crippen molar-refractivity contribution in [2.24, 2.45) is 0 Å². The molecule has 16 heavy (non-hydrogen) atoms. The Labute approximate surface area is 102 Å². The van der Waals surface area contributed by atoms with E-state index < -0.39 is 0 Å². The van der Waals surface area contributed by atoms with Crippen LogP contribution in [0.15, 0.2) is 0 Å². The van der Waals surface area contributed by atoms with E-state index >= 15 is 0 Å². The highest BCUT2D eigenvalue weighted by molar-refractivity contribution is 4.56. The van der Waals surface area contributed by atoms with Crippen molar-refractivity contribution in [3.63, 3.8) is 0 Å². The average Bonchev–Trinajstić information content (AvgIpc) is 2.87. The fraction of sp³-hybridized carbons (Fsp3) is 1.00. The third kappa shape index (κ3) is 10.4. The van der Waals surface area contributed by atoms with Gasteiger partial charge in [0.2, 0.25) is 0 Å². The SMILES string of the molecule is C1CCNC1.CCCCCC(CCC)OC. The zero-order valence-electron chi connectivity index (χ0n) is 11.6. The van der Waals surface area contributed by atoms with E-state index in [0.29, 0.717) is 6.10 Å². The Balaban J connectivity index is 0.000000368. The number of methoxy groups -OCH3 is 1. The van der Waals surface area contributed by atoms with Crippen molar-refractivity contribution in [1.29, 1.82) is 0 Å². The minimum absolute atomic E-state index is 0.520. The first-order valence-corrected chi connectivity index (χ1v) is 7.08. The predicted molar refractivity (Wildman–Crippen MR) is 72.0 cm³/mol. The predicted octanol–water partition coefficient (Wildman–Crippen LogP) is 3.75. The van der Waals surface area contributed by atoms with Gasteiger partial charge < -0.3 is 10.1 Å². The third-order valence-corrected chi connectivity index (χ3v) is 3.03. The van der Waals surface area contributed by atoms with Crippen LogP contribution in [0.3, 0.4) is 0 Å².